The van der Waals surface area contributed by atoms with Crippen molar-refractivity contribution in [2.24, 2.45) is 11.1 Å². The summed E-state index contributed by atoms with van der Waals surface area (Å²) in [5.41, 5.74) is 9.24. The highest BCUT2D eigenvalue weighted by atomic mass is 15.1. The fourth-order valence-electron chi connectivity index (χ4n) is 3.36. The number of piperidine rings is 1. The summed E-state index contributed by atoms with van der Waals surface area (Å²) in [6.45, 7) is 2.17. The molecular weight excluding hydrogens is 224 g/mol. The van der Waals surface area contributed by atoms with Crippen molar-refractivity contribution in [2.75, 3.05) is 32.1 Å². The van der Waals surface area contributed by atoms with Gasteiger partial charge in [-0.05, 0) is 49.4 Å². The Hall–Kier alpha value is -1.13. The van der Waals surface area contributed by atoms with Crippen LogP contribution in [0.25, 0.3) is 0 Å². The predicted molar refractivity (Wildman–Crippen MR) is 73.7 cm³/mol. The van der Waals surface area contributed by atoms with Gasteiger partial charge in [-0.3, -0.25) is 0 Å². The number of nitrogens with zero attached hydrogens (tertiary/aromatic N) is 2. The Morgan fingerprint density at radius 2 is 2.06 bits per heavy atom. The van der Waals surface area contributed by atoms with Crippen molar-refractivity contribution < 1.29 is 0 Å². The first kappa shape index (κ1) is 11.9. The molecule has 1 atom stereocenters. The number of pyridine rings is 1. The molecule has 1 fully saturated rings. The Bertz CT molecular complexity index is 449. The van der Waals surface area contributed by atoms with Crippen LogP contribution in [0.4, 0.5) is 5.82 Å². The van der Waals surface area contributed by atoms with Crippen molar-refractivity contribution in [3.05, 3.63) is 23.4 Å². The first-order chi connectivity index (χ1) is 8.62. The summed E-state index contributed by atoms with van der Waals surface area (Å²) in [7, 11) is 4.06. The summed E-state index contributed by atoms with van der Waals surface area (Å²) in [5.74, 6) is 1.03. The Morgan fingerprint density at radius 3 is 2.72 bits per heavy atom. The number of hydrogen-bond donors (Lipinski definition) is 2. The van der Waals surface area contributed by atoms with E-state index in [1.54, 1.807) is 0 Å². The van der Waals surface area contributed by atoms with E-state index in [2.05, 4.69) is 22.3 Å². The van der Waals surface area contributed by atoms with Crippen molar-refractivity contribution in [1.82, 2.24) is 10.3 Å². The summed E-state index contributed by atoms with van der Waals surface area (Å²) in [6, 6.07) is 4.43. The molecule has 4 heteroatoms. The van der Waals surface area contributed by atoms with Crippen LogP contribution in [0.3, 0.4) is 0 Å². The van der Waals surface area contributed by atoms with Gasteiger partial charge in [0.15, 0.2) is 0 Å². The van der Waals surface area contributed by atoms with E-state index in [0.717, 1.165) is 25.3 Å². The molecule has 0 aromatic carbocycles. The molecule has 1 aliphatic heterocycles. The van der Waals surface area contributed by atoms with Gasteiger partial charge in [-0.15, -0.1) is 0 Å². The average molecular weight is 246 g/mol. The minimum atomic E-state index is 0.165. The molecule has 2 aliphatic rings. The van der Waals surface area contributed by atoms with E-state index in [1.165, 1.54) is 24.1 Å². The summed E-state index contributed by atoms with van der Waals surface area (Å²) in [5, 5.41) is 3.43. The summed E-state index contributed by atoms with van der Waals surface area (Å²) in [4.78, 5) is 6.83. The largest absolute Gasteiger partial charge is 0.363 e. The molecule has 2 heterocycles. The zero-order valence-corrected chi connectivity index (χ0v) is 11.2. The highest BCUT2D eigenvalue weighted by molar-refractivity contribution is 5.44. The van der Waals surface area contributed by atoms with Crippen LogP contribution in [0, 0.1) is 5.41 Å². The van der Waals surface area contributed by atoms with E-state index in [1.807, 2.05) is 14.1 Å². The molecule has 1 spiro atoms. The van der Waals surface area contributed by atoms with Crippen LogP contribution < -0.4 is 16.0 Å². The van der Waals surface area contributed by atoms with Crippen molar-refractivity contribution in [2.45, 2.75) is 25.3 Å². The van der Waals surface area contributed by atoms with Crippen molar-refractivity contribution >= 4 is 5.82 Å². The lowest BCUT2D eigenvalue weighted by atomic mass is 9.74. The third kappa shape index (κ3) is 1.71. The van der Waals surface area contributed by atoms with E-state index in [4.69, 9.17) is 10.7 Å². The second kappa shape index (κ2) is 4.21. The number of anilines is 1. The highest BCUT2D eigenvalue weighted by Crippen LogP contribution is 2.49. The zero-order chi connectivity index (χ0) is 12.8. The second-order valence-corrected chi connectivity index (χ2v) is 5.87. The van der Waals surface area contributed by atoms with Crippen LogP contribution in [0.15, 0.2) is 12.1 Å². The Balaban J connectivity index is 1.95. The number of fused-ring (bicyclic) bond motifs is 1. The van der Waals surface area contributed by atoms with Gasteiger partial charge >= 0.3 is 0 Å². The van der Waals surface area contributed by atoms with Crippen molar-refractivity contribution in [1.29, 1.82) is 0 Å². The molecule has 3 N–H and O–H groups in total. The molecule has 0 amide bonds. The number of rotatable bonds is 1. The lowest BCUT2D eigenvalue weighted by Gasteiger charge is -2.37. The first-order valence-electron chi connectivity index (χ1n) is 6.76. The third-order valence-electron chi connectivity index (χ3n) is 4.57. The Morgan fingerprint density at radius 1 is 1.33 bits per heavy atom. The monoisotopic (exact) mass is 246 g/mol. The normalized spacial score (nSPS) is 25.2. The molecule has 1 aromatic heterocycles. The van der Waals surface area contributed by atoms with Crippen LogP contribution in [-0.2, 0) is 6.42 Å². The maximum atomic E-state index is 6.50. The molecular formula is C14H22N4. The molecule has 18 heavy (non-hydrogen) atoms. The molecule has 1 unspecified atom stereocenters. The minimum absolute atomic E-state index is 0.165. The van der Waals surface area contributed by atoms with Gasteiger partial charge < -0.3 is 16.0 Å². The molecule has 3 rings (SSSR count). The summed E-state index contributed by atoms with van der Waals surface area (Å²) in [6.07, 6.45) is 3.39. The van der Waals surface area contributed by atoms with Gasteiger partial charge in [-0.25, -0.2) is 4.98 Å². The van der Waals surface area contributed by atoms with E-state index >= 15 is 0 Å². The van der Waals surface area contributed by atoms with Crippen LogP contribution in [0.2, 0.25) is 0 Å². The lowest BCUT2D eigenvalue weighted by Crippen LogP contribution is -2.42. The van der Waals surface area contributed by atoms with Gasteiger partial charge in [-0.1, -0.05) is 6.07 Å². The lowest BCUT2D eigenvalue weighted by molar-refractivity contribution is 0.173. The highest BCUT2D eigenvalue weighted by Gasteiger charge is 2.45. The van der Waals surface area contributed by atoms with Crippen LogP contribution in [-0.4, -0.2) is 32.2 Å². The fraction of sp³-hybridized carbons (Fsp3) is 0.643. The van der Waals surface area contributed by atoms with Crippen LogP contribution in [0.5, 0.6) is 0 Å². The SMILES string of the molecule is CN(C)c1ccc2c(n1)CC1(CCNCC1)C2N. The average Bonchev–Trinajstić information content (AvgIpc) is 2.63. The number of aromatic nitrogens is 1. The minimum Gasteiger partial charge on any atom is -0.363 e. The molecule has 1 aliphatic carbocycles. The molecule has 0 bridgehead atoms. The maximum absolute atomic E-state index is 6.50. The predicted octanol–water partition coefficient (Wildman–Crippen LogP) is 1.07. The van der Waals surface area contributed by atoms with Gasteiger partial charge in [0.1, 0.15) is 5.82 Å². The molecule has 0 radical (unpaired) electrons. The van der Waals surface area contributed by atoms with Crippen molar-refractivity contribution in [3.8, 4) is 0 Å². The molecule has 0 saturated carbocycles. The first-order valence-corrected chi connectivity index (χ1v) is 6.76. The van der Waals surface area contributed by atoms with Crippen molar-refractivity contribution in [3.63, 3.8) is 0 Å². The zero-order valence-electron chi connectivity index (χ0n) is 11.2. The van der Waals surface area contributed by atoms with E-state index in [0.29, 0.717) is 0 Å². The standard InChI is InChI=1S/C14H22N4/c1-18(2)12-4-3-10-11(17-12)9-14(13(10)15)5-7-16-8-6-14/h3-4,13,16H,5-9,15H2,1-2H3. The van der Waals surface area contributed by atoms with Gasteiger partial charge in [0.05, 0.1) is 0 Å². The fourth-order valence-corrected chi connectivity index (χ4v) is 3.36. The van der Waals surface area contributed by atoms with Crippen LogP contribution in [0.1, 0.15) is 30.1 Å². The topological polar surface area (TPSA) is 54.2 Å². The smallest absolute Gasteiger partial charge is 0.128 e. The van der Waals surface area contributed by atoms with E-state index in [-0.39, 0.29) is 11.5 Å². The number of hydrogen-bond acceptors (Lipinski definition) is 4. The summed E-state index contributed by atoms with van der Waals surface area (Å²) < 4.78 is 0. The number of nitrogens with one attached hydrogen (secondary N) is 1. The van der Waals surface area contributed by atoms with E-state index < -0.39 is 0 Å². The van der Waals surface area contributed by atoms with Gasteiger partial charge in [0.2, 0.25) is 0 Å². The van der Waals surface area contributed by atoms with E-state index in [9.17, 15) is 0 Å². The summed E-state index contributed by atoms with van der Waals surface area (Å²) >= 11 is 0. The van der Waals surface area contributed by atoms with Gasteiger partial charge in [0.25, 0.3) is 0 Å². The quantitative estimate of drug-likeness (QED) is 0.778. The van der Waals surface area contributed by atoms with Crippen LogP contribution >= 0.6 is 0 Å². The second-order valence-electron chi connectivity index (χ2n) is 5.87. The Labute approximate surface area is 109 Å². The maximum Gasteiger partial charge on any atom is 0.128 e. The number of nitrogens with two attached hydrogens (primary N) is 1. The molecule has 4 nitrogen and oxygen atoms in total. The Kier molecular flexibility index (Phi) is 2.79. The molecule has 1 saturated heterocycles. The third-order valence-corrected chi connectivity index (χ3v) is 4.57. The molecule has 1 aromatic rings. The van der Waals surface area contributed by atoms with Gasteiger partial charge in [-0.2, -0.15) is 0 Å². The van der Waals surface area contributed by atoms with Gasteiger partial charge in [0, 0.05) is 25.8 Å². The molecule has 98 valence electrons.